The largest absolute Gasteiger partial charge is 0.369 e. The molecule has 0 aliphatic carbocycles. The van der Waals surface area contributed by atoms with E-state index in [-0.39, 0.29) is 24.1 Å². The van der Waals surface area contributed by atoms with Crippen LogP contribution in [0.5, 0.6) is 0 Å². The molecule has 2 amide bonds. The molecule has 1 aliphatic heterocycles. The predicted molar refractivity (Wildman–Crippen MR) is 56.7 cm³/mol. The Hall–Kier alpha value is -1.76. The van der Waals surface area contributed by atoms with E-state index >= 15 is 0 Å². The number of hydrogen-bond donors (Lipinski definition) is 1. The lowest BCUT2D eigenvalue weighted by molar-refractivity contribution is -0.123. The molecule has 8 heteroatoms. The summed E-state index contributed by atoms with van der Waals surface area (Å²) in [6.07, 6.45) is 0.825. The van der Waals surface area contributed by atoms with E-state index in [2.05, 4.69) is 9.97 Å². The Morgan fingerprint density at radius 2 is 2.35 bits per heavy atom. The molecule has 1 aliphatic rings. The molecule has 2 N–H and O–H groups in total. The van der Waals surface area contributed by atoms with Crippen molar-refractivity contribution in [1.29, 1.82) is 0 Å². The van der Waals surface area contributed by atoms with E-state index in [1.165, 1.54) is 0 Å². The first-order chi connectivity index (χ1) is 7.99. The Labute approximate surface area is 101 Å². The van der Waals surface area contributed by atoms with E-state index < -0.39 is 23.5 Å². The fourth-order valence-electron chi connectivity index (χ4n) is 1.63. The lowest BCUT2D eigenvalue weighted by atomic mass is 10.1. The van der Waals surface area contributed by atoms with Crippen molar-refractivity contribution in [2.45, 2.75) is 6.42 Å². The van der Waals surface area contributed by atoms with Crippen LogP contribution in [0.4, 0.5) is 10.2 Å². The van der Waals surface area contributed by atoms with E-state index in [0.29, 0.717) is 0 Å². The van der Waals surface area contributed by atoms with Crippen LogP contribution in [0.15, 0.2) is 6.20 Å². The van der Waals surface area contributed by atoms with Crippen molar-refractivity contribution >= 4 is 29.2 Å². The number of hydrogen-bond acceptors (Lipinski definition) is 4. The monoisotopic (exact) mass is 258 g/mol. The lowest BCUT2D eigenvalue weighted by Crippen LogP contribution is -2.29. The Bertz CT molecular complexity index is 496. The number of nitrogens with two attached hydrogens (primary N) is 1. The van der Waals surface area contributed by atoms with Gasteiger partial charge in [-0.15, -0.1) is 0 Å². The highest BCUT2D eigenvalue weighted by molar-refractivity contribution is 6.28. The van der Waals surface area contributed by atoms with Gasteiger partial charge in [-0.1, -0.05) is 0 Å². The highest BCUT2D eigenvalue weighted by atomic mass is 35.5. The number of carbonyl (C=O) groups excluding carboxylic acids is 2. The van der Waals surface area contributed by atoms with Crippen LogP contribution in [-0.2, 0) is 9.59 Å². The summed E-state index contributed by atoms with van der Waals surface area (Å²) in [6.45, 7) is 0.0123. The van der Waals surface area contributed by atoms with Gasteiger partial charge >= 0.3 is 0 Å². The van der Waals surface area contributed by atoms with Gasteiger partial charge in [-0.2, -0.15) is 4.98 Å². The van der Waals surface area contributed by atoms with Crippen molar-refractivity contribution < 1.29 is 14.0 Å². The molecule has 0 saturated carbocycles. The SMILES string of the molecule is NC(=O)C1CC(=O)N(c2nc(Cl)ncc2F)C1. The van der Waals surface area contributed by atoms with Crippen LogP contribution >= 0.6 is 11.6 Å². The Kier molecular flexibility index (Phi) is 2.93. The van der Waals surface area contributed by atoms with Gasteiger partial charge in [0, 0.05) is 13.0 Å². The fraction of sp³-hybridized carbons (Fsp3) is 0.333. The summed E-state index contributed by atoms with van der Waals surface area (Å²) in [7, 11) is 0. The molecule has 0 aromatic carbocycles. The van der Waals surface area contributed by atoms with E-state index in [0.717, 1.165) is 11.1 Å². The average molecular weight is 259 g/mol. The summed E-state index contributed by atoms with van der Waals surface area (Å²) in [6, 6.07) is 0. The third-order valence-corrected chi connectivity index (χ3v) is 2.66. The van der Waals surface area contributed by atoms with Crippen molar-refractivity contribution in [1.82, 2.24) is 9.97 Å². The van der Waals surface area contributed by atoms with Gasteiger partial charge in [0.2, 0.25) is 17.1 Å². The van der Waals surface area contributed by atoms with Gasteiger partial charge in [-0.3, -0.25) is 14.5 Å². The number of carbonyl (C=O) groups is 2. The van der Waals surface area contributed by atoms with Crippen LogP contribution < -0.4 is 10.6 Å². The predicted octanol–water partition coefficient (Wildman–Crippen LogP) is 0.107. The number of rotatable bonds is 2. The Morgan fingerprint density at radius 3 is 2.94 bits per heavy atom. The second-order valence-corrected chi connectivity index (χ2v) is 3.96. The molecule has 1 fully saturated rings. The number of amides is 2. The topological polar surface area (TPSA) is 89.2 Å². The molecule has 1 saturated heterocycles. The molecule has 1 unspecified atom stereocenters. The Morgan fingerprint density at radius 1 is 1.65 bits per heavy atom. The summed E-state index contributed by atoms with van der Waals surface area (Å²) in [5, 5.41) is -0.170. The van der Waals surface area contributed by atoms with Crippen molar-refractivity contribution in [3.8, 4) is 0 Å². The van der Waals surface area contributed by atoms with Gasteiger partial charge in [0.25, 0.3) is 0 Å². The number of aromatic nitrogens is 2. The fourth-order valence-corrected chi connectivity index (χ4v) is 1.76. The number of anilines is 1. The summed E-state index contributed by atoms with van der Waals surface area (Å²) in [5.41, 5.74) is 5.10. The van der Waals surface area contributed by atoms with Crippen LogP contribution in [0.1, 0.15) is 6.42 Å². The lowest BCUT2D eigenvalue weighted by Gasteiger charge is -2.15. The van der Waals surface area contributed by atoms with Gasteiger partial charge in [-0.25, -0.2) is 9.37 Å². The second kappa shape index (κ2) is 4.25. The molecular weight excluding hydrogens is 251 g/mol. The second-order valence-electron chi connectivity index (χ2n) is 3.62. The molecule has 1 aromatic heterocycles. The average Bonchev–Trinajstić information content (AvgIpc) is 2.64. The Balaban J connectivity index is 2.32. The van der Waals surface area contributed by atoms with Crippen molar-refractivity contribution in [2.75, 3.05) is 11.4 Å². The van der Waals surface area contributed by atoms with E-state index in [4.69, 9.17) is 17.3 Å². The molecule has 2 rings (SSSR count). The van der Waals surface area contributed by atoms with Crippen molar-refractivity contribution in [3.63, 3.8) is 0 Å². The quantitative estimate of drug-likeness (QED) is 0.763. The van der Waals surface area contributed by atoms with Gasteiger partial charge in [0.1, 0.15) is 0 Å². The van der Waals surface area contributed by atoms with Crippen LogP contribution in [0.3, 0.4) is 0 Å². The van der Waals surface area contributed by atoms with Crippen molar-refractivity contribution in [3.05, 3.63) is 17.3 Å². The third kappa shape index (κ3) is 2.19. The molecule has 1 atom stereocenters. The maximum absolute atomic E-state index is 13.4. The van der Waals surface area contributed by atoms with Crippen LogP contribution in [-0.4, -0.2) is 28.3 Å². The van der Waals surface area contributed by atoms with Gasteiger partial charge in [0.15, 0.2) is 11.6 Å². The van der Waals surface area contributed by atoms with E-state index in [1.807, 2.05) is 0 Å². The summed E-state index contributed by atoms with van der Waals surface area (Å²) in [4.78, 5) is 30.7. The first-order valence-electron chi connectivity index (χ1n) is 4.76. The smallest absolute Gasteiger partial charge is 0.229 e. The minimum atomic E-state index is -0.770. The molecule has 0 radical (unpaired) electrons. The number of primary amides is 1. The zero-order chi connectivity index (χ0) is 12.6. The third-order valence-electron chi connectivity index (χ3n) is 2.48. The highest BCUT2D eigenvalue weighted by Crippen LogP contribution is 2.25. The van der Waals surface area contributed by atoms with E-state index in [9.17, 15) is 14.0 Å². The molecule has 6 nitrogen and oxygen atoms in total. The molecule has 1 aromatic rings. The van der Waals surface area contributed by atoms with Crippen LogP contribution in [0.25, 0.3) is 0 Å². The maximum atomic E-state index is 13.4. The molecule has 0 spiro atoms. The summed E-state index contributed by atoms with van der Waals surface area (Å²) in [5.74, 6) is -2.63. The molecule has 17 heavy (non-hydrogen) atoms. The van der Waals surface area contributed by atoms with Crippen molar-refractivity contribution in [2.24, 2.45) is 11.7 Å². The van der Waals surface area contributed by atoms with Gasteiger partial charge in [-0.05, 0) is 11.6 Å². The first-order valence-corrected chi connectivity index (χ1v) is 5.14. The summed E-state index contributed by atoms with van der Waals surface area (Å²) < 4.78 is 13.4. The number of nitrogens with zero attached hydrogens (tertiary/aromatic N) is 3. The minimum Gasteiger partial charge on any atom is -0.369 e. The first kappa shape index (κ1) is 11.7. The van der Waals surface area contributed by atoms with Gasteiger partial charge < -0.3 is 5.73 Å². The molecule has 2 heterocycles. The zero-order valence-corrected chi connectivity index (χ0v) is 9.32. The highest BCUT2D eigenvalue weighted by Gasteiger charge is 2.36. The number of halogens is 2. The minimum absolute atomic E-state index is 0.0123. The normalized spacial score (nSPS) is 19.8. The zero-order valence-electron chi connectivity index (χ0n) is 8.56. The summed E-state index contributed by atoms with van der Waals surface area (Å²) >= 11 is 5.52. The maximum Gasteiger partial charge on any atom is 0.229 e. The van der Waals surface area contributed by atoms with Gasteiger partial charge in [0.05, 0.1) is 12.1 Å². The van der Waals surface area contributed by atoms with E-state index in [1.54, 1.807) is 0 Å². The molecule has 0 bridgehead atoms. The molecule has 90 valence electrons. The standard InChI is InChI=1S/C9H8ClFN4O2/c10-9-13-2-5(11)8(14-9)15-3-4(7(12)17)1-6(15)16/h2,4H,1,3H2,(H2,12,17). The molecular formula is C9H8ClFN4O2. The van der Waals surface area contributed by atoms with Crippen LogP contribution in [0, 0.1) is 11.7 Å². The van der Waals surface area contributed by atoms with Crippen LogP contribution in [0.2, 0.25) is 5.28 Å².